The van der Waals surface area contributed by atoms with Crippen LogP contribution in [0.15, 0.2) is 23.1 Å². The highest BCUT2D eigenvalue weighted by Gasteiger charge is 2.65. The van der Waals surface area contributed by atoms with E-state index in [9.17, 15) is 19.4 Å². The molecule has 14 heavy (non-hydrogen) atoms. The topological polar surface area (TPSA) is 26.0 Å². The SMILES string of the molecule is Nc1cc(Cl)cc(S(F)(F)(F)(F)F)c1. The predicted octanol–water partition coefficient (Wildman–Crippen LogP) is 4.58. The zero-order valence-electron chi connectivity index (χ0n) is 6.49. The van der Waals surface area contributed by atoms with Gasteiger partial charge < -0.3 is 5.73 Å². The van der Waals surface area contributed by atoms with E-state index in [0.29, 0.717) is 0 Å². The Morgan fingerprint density at radius 3 is 1.86 bits per heavy atom. The summed E-state index contributed by atoms with van der Waals surface area (Å²) in [6.07, 6.45) is 0. The lowest BCUT2D eigenvalue weighted by molar-refractivity contribution is 0.364. The van der Waals surface area contributed by atoms with Crippen LogP contribution in [-0.2, 0) is 0 Å². The second-order valence-corrected chi connectivity index (χ2v) is 5.54. The average molecular weight is 254 g/mol. The molecule has 1 aromatic carbocycles. The molecule has 8 heteroatoms. The fraction of sp³-hybridized carbons (Fsp3) is 0. The number of nitrogens with two attached hydrogens (primary N) is 1. The summed E-state index contributed by atoms with van der Waals surface area (Å²) in [5, 5.41) is -0.478. The predicted molar refractivity (Wildman–Crippen MR) is 47.3 cm³/mol. The van der Waals surface area contributed by atoms with Crippen molar-refractivity contribution in [3.05, 3.63) is 23.2 Å². The molecule has 0 saturated carbocycles. The van der Waals surface area contributed by atoms with Gasteiger partial charge in [-0.25, -0.2) is 0 Å². The van der Waals surface area contributed by atoms with Crippen LogP contribution in [0.3, 0.4) is 0 Å². The van der Waals surface area contributed by atoms with Gasteiger partial charge in [-0.3, -0.25) is 0 Å². The molecule has 0 radical (unpaired) electrons. The van der Waals surface area contributed by atoms with E-state index in [-0.39, 0.29) is 12.1 Å². The summed E-state index contributed by atoms with van der Waals surface area (Å²) < 4.78 is 61.0. The van der Waals surface area contributed by atoms with Crippen molar-refractivity contribution >= 4 is 27.5 Å². The maximum atomic E-state index is 12.2. The Labute approximate surface area is 81.4 Å². The van der Waals surface area contributed by atoms with Gasteiger partial charge in [0.25, 0.3) is 0 Å². The van der Waals surface area contributed by atoms with Crippen LogP contribution in [-0.4, -0.2) is 0 Å². The lowest BCUT2D eigenvalue weighted by Gasteiger charge is -2.40. The van der Waals surface area contributed by atoms with E-state index in [1.807, 2.05) is 0 Å². The minimum absolute atomic E-state index is 0.152. The molecule has 0 fully saturated rings. The maximum absolute atomic E-state index is 12.2. The van der Waals surface area contributed by atoms with Crippen LogP contribution < -0.4 is 5.73 Å². The molecule has 1 aromatic rings. The number of anilines is 1. The van der Waals surface area contributed by atoms with Gasteiger partial charge in [-0.05, 0) is 18.2 Å². The monoisotopic (exact) mass is 253 g/mol. The van der Waals surface area contributed by atoms with Gasteiger partial charge in [0, 0.05) is 10.7 Å². The molecular formula is C6H5ClF5NS. The van der Waals surface area contributed by atoms with Crippen LogP contribution in [0.2, 0.25) is 5.02 Å². The first kappa shape index (κ1) is 11.4. The van der Waals surface area contributed by atoms with Crippen LogP contribution in [0.5, 0.6) is 0 Å². The molecule has 0 aromatic heterocycles. The van der Waals surface area contributed by atoms with Gasteiger partial charge in [0.15, 0.2) is 0 Å². The van der Waals surface area contributed by atoms with Crippen LogP contribution in [0.1, 0.15) is 0 Å². The largest absolute Gasteiger partial charge is 0.399 e. The smallest absolute Gasteiger partial charge is 0.310 e. The molecule has 2 N–H and O–H groups in total. The Morgan fingerprint density at radius 1 is 1.00 bits per heavy atom. The zero-order valence-corrected chi connectivity index (χ0v) is 8.06. The molecule has 0 aliphatic heterocycles. The molecule has 0 amide bonds. The van der Waals surface area contributed by atoms with Crippen molar-refractivity contribution in [2.45, 2.75) is 4.90 Å². The standard InChI is InChI=1S/C6H5ClF5NS/c7-4-1-5(13)3-6(2-4)14(8,9,10,11)12/h1-3H,13H2. The van der Waals surface area contributed by atoms with Crippen LogP contribution in [0, 0.1) is 0 Å². The molecule has 0 spiro atoms. The van der Waals surface area contributed by atoms with Gasteiger partial charge in [-0.15, -0.1) is 0 Å². The first-order chi connectivity index (χ1) is 5.88. The third-order valence-electron chi connectivity index (χ3n) is 1.34. The Kier molecular flexibility index (Phi) is 1.85. The number of halogens is 6. The fourth-order valence-corrected chi connectivity index (χ4v) is 1.82. The number of rotatable bonds is 1. The minimum Gasteiger partial charge on any atom is -0.399 e. The zero-order chi connectivity index (χ0) is 11.3. The van der Waals surface area contributed by atoms with Gasteiger partial charge in [0.1, 0.15) is 4.90 Å². The van der Waals surface area contributed by atoms with Gasteiger partial charge >= 0.3 is 10.2 Å². The van der Waals surface area contributed by atoms with Crippen molar-refractivity contribution in [2.75, 3.05) is 5.73 Å². The number of hydrogen-bond donors (Lipinski definition) is 1. The van der Waals surface area contributed by atoms with Crippen molar-refractivity contribution in [3.63, 3.8) is 0 Å². The fourth-order valence-electron chi connectivity index (χ4n) is 0.807. The van der Waals surface area contributed by atoms with E-state index in [1.165, 1.54) is 0 Å². The summed E-state index contributed by atoms with van der Waals surface area (Å²) in [6.45, 7) is 0. The Morgan fingerprint density at radius 2 is 1.50 bits per heavy atom. The first-order valence-corrected chi connectivity index (χ1v) is 5.51. The molecule has 0 bridgehead atoms. The molecule has 1 nitrogen and oxygen atoms in total. The maximum Gasteiger partial charge on any atom is 0.310 e. The second kappa shape index (κ2) is 2.27. The molecule has 0 aliphatic rings. The quantitative estimate of drug-likeness (QED) is 0.575. The first-order valence-electron chi connectivity index (χ1n) is 3.19. The Balaban J connectivity index is 3.50. The van der Waals surface area contributed by atoms with Crippen LogP contribution in [0.4, 0.5) is 25.1 Å². The number of hydrogen-bond acceptors (Lipinski definition) is 1. The highest BCUT2D eigenvalue weighted by molar-refractivity contribution is 8.45. The van der Waals surface area contributed by atoms with Crippen molar-refractivity contribution in [3.8, 4) is 0 Å². The second-order valence-electron chi connectivity index (χ2n) is 2.69. The Bertz CT molecular complexity index is 366. The van der Waals surface area contributed by atoms with Crippen molar-refractivity contribution < 1.29 is 19.4 Å². The average Bonchev–Trinajstić information content (AvgIpc) is 1.78. The molecule has 0 unspecified atom stereocenters. The minimum atomic E-state index is -9.66. The lowest BCUT2D eigenvalue weighted by atomic mass is 10.3. The van der Waals surface area contributed by atoms with E-state index in [0.717, 1.165) is 6.07 Å². The summed E-state index contributed by atoms with van der Waals surface area (Å²) >= 11 is 5.19. The third-order valence-corrected chi connectivity index (χ3v) is 2.68. The van der Waals surface area contributed by atoms with E-state index >= 15 is 0 Å². The van der Waals surface area contributed by atoms with Crippen LogP contribution in [0.25, 0.3) is 0 Å². The summed E-state index contributed by atoms with van der Waals surface area (Å²) in [6, 6.07) is 1.27. The third kappa shape index (κ3) is 2.65. The normalized spacial score (nSPS) is 17.3. The van der Waals surface area contributed by atoms with Gasteiger partial charge in [0.05, 0.1) is 0 Å². The molecule has 0 heterocycles. The van der Waals surface area contributed by atoms with E-state index in [1.54, 1.807) is 0 Å². The molecule has 82 valence electrons. The number of nitrogen functional groups attached to an aromatic ring is 1. The van der Waals surface area contributed by atoms with E-state index in [4.69, 9.17) is 17.3 Å². The molecule has 0 atom stereocenters. The summed E-state index contributed by atoms with van der Waals surface area (Å²) in [4.78, 5) is -2.07. The van der Waals surface area contributed by atoms with E-state index in [2.05, 4.69) is 0 Å². The lowest BCUT2D eigenvalue weighted by Crippen LogP contribution is -2.06. The summed E-state index contributed by atoms with van der Waals surface area (Å²) in [7, 11) is -9.66. The van der Waals surface area contributed by atoms with Gasteiger partial charge in [0.2, 0.25) is 0 Å². The highest BCUT2D eigenvalue weighted by atomic mass is 35.5. The summed E-state index contributed by atoms with van der Waals surface area (Å²) in [5.41, 5.74) is 4.52. The number of benzene rings is 1. The Hall–Kier alpha value is -0.690. The van der Waals surface area contributed by atoms with Crippen molar-refractivity contribution in [2.24, 2.45) is 0 Å². The van der Waals surface area contributed by atoms with Gasteiger partial charge in [-0.2, -0.15) is 0 Å². The summed E-state index contributed by atoms with van der Waals surface area (Å²) in [5.74, 6) is 0. The molecule has 1 rings (SSSR count). The van der Waals surface area contributed by atoms with E-state index < -0.39 is 25.8 Å². The van der Waals surface area contributed by atoms with Crippen LogP contribution >= 0.6 is 21.8 Å². The molecule has 0 saturated heterocycles. The van der Waals surface area contributed by atoms with Gasteiger partial charge in [-0.1, -0.05) is 31.0 Å². The van der Waals surface area contributed by atoms with Crippen molar-refractivity contribution in [1.82, 2.24) is 0 Å². The molecule has 0 aliphatic carbocycles. The molecular weight excluding hydrogens is 249 g/mol. The highest BCUT2D eigenvalue weighted by Crippen LogP contribution is 3.02. The van der Waals surface area contributed by atoms with Crippen molar-refractivity contribution in [1.29, 1.82) is 0 Å².